The van der Waals surface area contributed by atoms with Crippen LogP contribution >= 0.6 is 0 Å². The van der Waals surface area contributed by atoms with Crippen LogP contribution in [0.25, 0.3) is 22.2 Å². The number of rotatable bonds is 2. The highest BCUT2D eigenvalue weighted by atomic mass is 16.3. The summed E-state index contributed by atoms with van der Waals surface area (Å²) in [6.07, 6.45) is 2.01. The fourth-order valence-electron chi connectivity index (χ4n) is 2.52. The Morgan fingerprint density at radius 3 is 2.95 bits per heavy atom. The molecule has 2 aromatic heterocycles. The van der Waals surface area contributed by atoms with E-state index in [-0.39, 0.29) is 0 Å². The second-order valence-electron chi connectivity index (χ2n) is 4.93. The first-order chi connectivity index (χ1) is 9.33. The summed E-state index contributed by atoms with van der Waals surface area (Å²) in [6.45, 7) is 3.90. The number of nitrogens with zero attached hydrogens (tertiary/aromatic N) is 3. The summed E-state index contributed by atoms with van der Waals surface area (Å²) < 4.78 is 7.71. The number of benzene rings is 1. The molecule has 0 bridgehead atoms. The lowest BCUT2D eigenvalue weighted by Gasteiger charge is -2.26. The molecule has 0 radical (unpaired) electrons. The molecule has 0 aliphatic carbocycles. The summed E-state index contributed by atoms with van der Waals surface area (Å²) in [5, 5.41) is 12.9. The molecule has 1 saturated heterocycles. The molecule has 3 heterocycles. The molecule has 0 saturated carbocycles. The summed E-state index contributed by atoms with van der Waals surface area (Å²) >= 11 is 0. The number of aryl methyl sites for hydroxylation is 1. The van der Waals surface area contributed by atoms with Gasteiger partial charge >= 0.3 is 0 Å². The molecule has 0 atom stereocenters. The molecular formula is C14H14N4O. The Hall–Kier alpha value is -2.14. The minimum Gasteiger partial charge on any atom is -0.461 e. The van der Waals surface area contributed by atoms with Gasteiger partial charge in [0.05, 0.1) is 17.8 Å². The van der Waals surface area contributed by atoms with Gasteiger partial charge in [-0.1, -0.05) is 23.4 Å². The van der Waals surface area contributed by atoms with Crippen molar-refractivity contribution in [2.75, 3.05) is 13.1 Å². The lowest BCUT2D eigenvalue weighted by Crippen LogP contribution is -2.43. The molecule has 1 aliphatic heterocycles. The van der Waals surface area contributed by atoms with Crippen molar-refractivity contribution in [3.05, 3.63) is 36.2 Å². The van der Waals surface area contributed by atoms with Gasteiger partial charge in [-0.25, -0.2) is 4.68 Å². The fourth-order valence-corrected chi connectivity index (χ4v) is 2.52. The van der Waals surface area contributed by atoms with Crippen LogP contribution in [0, 0.1) is 6.92 Å². The van der Waals surface area contributed by atoms with Crippen LogP contribution in [0.3, 0.4) is 0 Å². The zero-order valence-electron chi connectivity index (χ0n) is 10.6. The Bertz CT molecular complexity index is 739. The monoisotopic (exact) mass is 254 g/mol. The molecule has 4 rings (SSSR count). The van der Waals surface area contributed by atoms with E-state index in [1.807, 2.05) is 36.0 Å². The number of nitrogens with one attached hydrogen (secondary N) is 1. The van der Waals surface area contributed by atoms with Crippen LogP contribution in [0.2, 0.25) is 0 Å². The van der Waals surface area contributed by atoms with Crippen LogP contribution in [0.15, 0.2) is 34.9 Å². The van der Waals surface area contributed by atoms with Gasteiger partial charge in [-0.2, -0.15) is 0 Å². The Morgan fingerprint density at radius 1 is 1.32 bits per heavy atom. The highest BCUT2D eigenvalue weighted by molar-refractivity contribution is 5.94. The van der Waals surface area contributed by atoms with Gasteiger partial charge in [0.25, 0.3) is 0 Å². The molecule has 0 spiro atoms. The molecule has 5 nitrogen and oxygen atoms in total. The SMILES string of the molecule is Cc1oc2ccccc2c1-c1cn(C2CNC2)nn1. The van der Waals surface area contributed by atoms with E-state index in [2.05, 4.69) is 21.7 Å². The zero-order valence-corrected chi connectivity index (χ0v) is 10.6. The highest BCUT2D eigenvalue weighted by Crippen LogP contribution is 2.33. The predicted octanol–water partition coefficient (Wildman–Crippen LogP) is 2.14. The van der Waals surface area contributed by atoms with Gasteiger partial charge in [-0.3, -0.25) is 0 Å². The lowest BCUT2D eigenvalue weighted by atomic mass is 10.1. The average Bonchev–Trinajstić information content (AvgIpc) is 2.90. The summed E-state index contributed by atoms with van der Waals surface area (Å²) in [5.41, 5.74) is 2.83. The number of hydrogen-bond acceptors (Lipinski definition) is 4. The molecule has 1 fully saturated rings. The van der Waals surface area contributed by atoms with Gasteiger partial charge in [-0.05, 0) is 13.0 Å². The average molecular weight is 254 g/mol. The first kappa shape index (κ1) is 10.8. The standard InChI is InChI=1S/C14H14N4O/c1-9-14(11-4-2-3-5-13(11)19-9)12-8-18(17-16-12)10-6-15-7-10/h2-5,8,10,15H,6-7H2,1H3. The molecule has 0 unspecified atom stereocenters. The maximum absolute atomic E-state index is 5.77. The first-order valence-electron chi connectivity index (χ1n) is 6.44. The normalized spacial score (nSPS) is 15.8. The van der Waals surface area contributed by atoms with Crippen molar-refractivity contribution in [1.29, 1.82) is 0 Å². The lowest BCUT2D eigenvalue weighted by molar-refractivity contribution is 0.313. The number of aromatic nitrogens is 3. The Morgan fingerprint density at radius 2 is 2.16 bits per heavy atom. The van der Waals surface area contributed by atoms with Gasteiger partial charge in [-0.15, -0.1) is 5.10 Å². The molecule has 0 amide bonds. The van der Waals surface area contributed by atoms with Crippen LogP contribution in [-0.2, 0) is 0 Å². The van der Waals surface area contributed by atoms with E-state index in [1.54, 1.807) is 0 Å². The second kappa shape index (κ2) is 3.93. The van der Waals surface area contributed by atoms with Gasteiger partial charge < -0.3 is 9.73 Å². The van der Waals surface area contributed by atoms with E-state index in [0.717, 1.165) is 41.1 Å². The molecule has 1 N–H and O–H groups in total. The third-order valence-electron chi connectivity index (χ3n) is 3.67. The maximum atomic E-state index is 5.77. The van der Waals surface area contributed by atoms with E-state index < -0.39 is 0 Å². The van der Waals surface area contributed by atoms with Crippen LogP contribution in [0.5, 0.6) is 0 Å². The Balaban J connectivity index is 1.85. The molecule has 1 aliphatic rings. The predicted molar refractivity (Wildman–Crippen MR) is 71.9 cm³/mol. The van der Waals surface area contributed by atoms with Crippen molar-refractivity contribution in [2.45, 2.75) is 13.0 Å². The van der Waals surface area contributed by atoms with Crippen molar-refractivity contribution < 1.29 is 4.42 Å². The number of hydrogen-bond donors (Lipinski definition) is 1. The quantitative estimate of drug-likeness (QED) is 0.761. The van der Waals surface area contributed by atoms with E-state index in [1.165, 1.54) is 0 Å². The van der Waals surface area contributed by atoms with E-state index in [0.29, 0.717) is 6.04 Å². The summed E-state index contributed by atoms with van der Waals surface area (Å²) in [5.74, 6) is 0.889. The van der Waals surface area contributed by atoms with Gasteiger partial charge in [0.2, 0.25) is 0 Å². The number of para-hydroxylation sites is 1. The van der Waals surface area contributed by atoms with Crippen molar-refractivity contribution >= 4 is 11.0 Å². The van der Waals surface area contributed by atoms with Gasteiger partial charge in [0.15, 0.2) is 0 Å². The molecule has 3 aromatic rings. The topological polar surface area (TPSA) is 55.9 Å². The Kier molecular flexibility index (Phi) is 2.22. The molecule has 19 heavy (non-hydrogen) atoms. The summed E-state index contributed by atoms with van der Waals surface area (Å²) in [6, 6.07) is 8.46. The molecular weight excluding hydrogens is 240 g/mol. The van der Waals surface area contributed by atoms with E-state index in [9.17, 15) is 0 Å². The first-order valence-corrected chi connectivity index (χ1v) is 6.44. The summed E-state index contributed by atoms with van der Waals surface area (Å²) in [4.78, 5) is 0. The third kappa shape index (κ3) is 1.58. The number of fused-ring (bicyclic) bond motifs is 1. The van der Waals surface area contributed by atoms with Crippen LogP contribution in [-0.4, -0.2) is 28.1 Å². The minimum atomic E-state index is 0.430. The van der Waals surface area contributed by atoms with Crippen molar-refractivity contribution in [3.63, 3.8) is 0 Å². The minimum absolute atomic E-state index is 0.430. The van der Waals surface area contributed by atoms with Gasteiger partial charge in [0, 0.05) is 18.5 Å². The molecule has 5 heteroatoms. The summed E-state index contributed by atoms with van der Waals surface area (Å²) in [7, 11) is 0. The molecule has 96 valence electrons. The van der Waals surface area contributed by atoms with Crippen molar-refractivity contribution in [2.24, 2.45) is 0 Å². The van der Waals surface area contributed by atoms with Gasteiger partial charge in [0.1, 0.15) is 17.0 Å². The zero-order chi connectivity index (χ0) is 12.8. The third-order valence-corrected chi connectivity index (χ3v) is 3.67. The Labute approximate surface area is 110 Å². The second-order valence-corrected chi connectivity index (χ2v) is 4.93. The van der Waals surface area contributed by atoms with Crippen LogP contribution < -0.4 is 5.32 Å². The van der Waals surface area contributed by atoms with E-state index >= 15 is 0 Å². The fraction of sp³-hybridized carbons (Fsp3) is 0.286. The molecule has 1 aromatic carbocycles. The van der Waals surface area contributed by atoms with Crippen LogP contribution in [0.4, 0.5) is 0 Å². The largest absolute Gasteiger partial charge is 0.461 e. The highest BCUT2D eigenvalue weighted by Gasteiger charge is 2.22. The maximum Gasteiger partial charge on any atom is 0.134 e. The smallest absolute Gasteiger partial charge is 0.134 e. The van der Waals surface area contributed by atoms with Crippen molar-refractivity contribution in [1.82, 2.24) is 20.3 Å². The number of furan rings is 1. The van der Waals surface area contributed by atoms with Crippen LogP contribution in [0.1, 0.15) is 11.8 Å². The van der Waals surface area contributed by atoms with E-state index in [4.69, 9.17) is 4.42 Å². The van der Waals surface area contributed by atoms with Crippen molar-refractivity contribution in [3.8, 4) is 11.3 Å².